The third-order valence-electron chi connectivity index (χ3n) is 4.65. The maximum absolute atomic E-state index is 11.1. The minimum Gasteiger partial charge on any atom is -0.481 e. The van der Waals surface area contributed by atoms with Gasteiger partial charge in [-0.2, -0.15) is 0 Å². The maximum Gasteiger partial charge on any atom is 0.304 e. The summed E-state index contributed by atoms with van der Waals surface area (Å²) in [5.74, 6) is -0.654. The molecule has 1 aliphatic heterocycles. The predicted molar refractivity (Wildman–Crippen MR) is 76.4 cm³/mol. The van der Waals surface area contributed by atoms with Crippen molar-refractivity contribution < 1.29 is 9.90 Å². The molecule has 0 aromatic heterocycles. The predicted octanol–water partition coefficient (Wildman–Crippen LogP) is 2.19. The number of likely N-dealkylation sites (N-methyl/N-ethyl adjacent to an activating group) is 1. The molecule has 4 heteroatoms. The average Bonchev–Trinajstić information content (AvgIpc) is 2.69. The van der Waals surface area contributed by atoms with E-state index in [0.717, 1.165) is 19.6 Å². The van der Waals surface area contributed by atoms with Crippen molar-refractivity contribution in [2.24, 2.45) is 0 Å². The molecule has 1 unspecified atom stereocenters. The van der Waals surface area contributed by atoms with Gasteiger partial charge in [0.2, 0.25) is 0 Å². The fourth-order valence-corrected chi connectivity index (χ4v) is 3.72. The van der Waals surface area contributed by atoms with Gasteiger partial charge in [0.25, 0.3) is 0 Å². The van der Waals surface area contributed by atoms with Gasteiger partial charge in [-0.3, -0.25) is 9.69 Å². The molecule has 0 spiro atoms. The number of hydrogen-bond donors (Lipinski definition) is 1. The Balaban J connectivity index is 2.05. The van der Waals surface area contributed by atoms with E-state index in [4.69, 9.17) is 0 Å². The van der Waals surface area contributed by atoms with Crippen LogP contribution in [0.1, 0.15) is 51.4 Å². The van der Waals surface area contributed by atoms with Gasteiger partial charge in [0.05, 0.1) is 6.42 Å². The maximum atomic E-state index is 11.1. The van der Waals surface area contributed by atoms with E-state index in [0.29, 0.717) is 12.5 Å². The Morgan fingerprint density at radius 2 is 1.79 bits per heavy atom. The molecule has 0 radical (unpaired) electrons. The number of carbonyl (C=O) groups is 1. The highest BCUT2D eigenvalue weighted by molar-refractivity contribution is 5.67. The van der Waals surface area contributed by atoms with Gasteiger partial charge >= 0.3 is 5.97 Å². The molecule has 110 valence electrons. The van der Waals surface area contributed by atoms with Crippen molar-refractivity contribution in [3.8, 4) is 0 Å². The molecule has 2 aliphatic rings. The van der Waals surface area contributed by atoms with E-state index in [9.17, 15) is 9.90 Å². The SMILES string of the molecule is CN1CCCN(C2CCCCCC2)C(CC(=O)O)C1. The van der Waals surface area contributed by atoms with Crippen LogP contribution < -0.4 is 0 Å². The monoisotopic (exact) mass is 268 g/mol. The van der Waals surface area contributed by atoms with E-state index in [1.807, 2.05) is 0 Å². The van der Waals surface area contributed by atoms with Crippen LogP contribution in [-0.4, -0.2) is 59.6 Å². The highest BCUT2D eigenvalue weighted by Gasteiger charge is 2.30. The van der Waals surface area contributed by atoms with Crippen LogP contribution in [0.5, 0.6) is 0 Å². The minimum absolute atomic E-state index is 0.202. The van der Waals surface area contributed by atoms with Crippen molar-refractivity contribution in [2.45, 2.75) is 63.5 Å². The van der Waals surface area contributed by atoms with Gasteiger partial charge in [0.1, 0.15) is 0 Å². The van der Waals surface area contributed by atoms with Crippen LogP contribution in [0.15, 0.2) is 0 Å². The van der Waals surface area contributed by atoms with E-state index in [1.165, 1.54) is 44.9 Å². The van der Waals surface area contributed by atoms with Crippen LogP contribution in [0.3, 0.4) is 0 Å². The lowest BCUT2D eigenvalue weighted by Gasteiger charge is -2.36. The van der Waals surface area contributed by atoms with Gasteiger partial charge in [0, 0.05) is 25.2 Å². The number of nitrogens with zero attached hydrogens (tertiary/aromatic N) is 2. The van der Waals surface area contributed by atoms with Crippen LogP contribution in [-0.2, 0) is 4.79 Å². The Hall–Kier alpha value is -0.610. The minimum atomic E-state index is -0.654. The topological polar surface area (TPSA) is 43.8 Å². The molecule has 4 nitrogen and oxygen atoms in total. The molecule has 1 heterocycles. The lowest BCUT2D eigenvalue weighted by Crippen LogP contribution is -2.47. The van der Waals surface area contributed by atoms with Crippen LogP contribution in [0.2, 0.25) is 0 Å². The van der Waals surface area contributed by atoms with Crippen molar-refractivity contribution in [3.63, 3.8) is 0 Å². The molecule has 0 bridgehead atoms. The number of rotatable bonds is 3. The van der Waals surface area contributed by atoms with E-state index < -0.39 is 5.97 Å². The molecule has 2 rings (SSSR count). The standard InChI is InChI=1S/C15H28N2O2/c1-16-9-6-10-17(14(12-16)11-15(18)19)13-7-4-2-3-5-8-13/h13-14H,2-12H2,1H3,(H,18,19). The van der Waals surface area contributed by atoms with Crippen molar-refractivity contribution >= 4 is 5.97 Å². The summed E-state index contributed by atoms with van der Waals surface area (Å²) in [6.45, 7) is 3.08. The molecule has 1 N–H and O–H groups in total. The fourth-order valence-electron chi connectivity index (χ4n) is 3.72. The van der Waals surface area contributed by atoms with Gasteiger partial charge in [-0.15, -0.1) is 0 Å². The molecule has 1 saturated heterocycles. The molecule has 19 heavy (non-hydrogen) atoms. The lowest BCUT2D eigenvalue weighted by molar-refractivity contribution is -0.138. The first-order chi connectivity index (χ1) is 9.16. The summed E-state index contributed by atoms with van der Waals surface area (Å²) < 4.78 is 0. The van der Waals surface area contributed by atoms with Gasteiger partial charge in [0.15, 0.2) is 0 Å². The molecule has 2 fully saturated rings. The van der Waals surface area contributed by atoms with Gasteiger partial charge in [-0.05, 0) is 32.9 Å². The summed E-state index contributed by atoms with van der Waals surface area (Å²) in [6.07, 6.45) is 9.33. The Kier molecular flexibility index (Phi) is 5.64. The smallest absolute Gasteiger partial charge is 0.304 e. The first-order valence-electron chi connectivity index (χ1n) is 7.83. The van der Waals surface area contributed by atoms with E-state index in [-0.39, 0.29) is 6.04 Å². The zero-order valence-electron chi connectivity index (χ0n) is 12.2. The van der Waals surface area contributed by atoms with E-state index in [1.54, 1.807) is 0 Å². The van der Waals surface area contributed by atoms with Crippen molar-refractivity contribution in [1.29, 1.82) is 0 Å². The normalized spacial score (nSPS) is 28.8. The van der Waals surface area contributed by atoms with Crippen LogP contribution in [0.25, 0.3) is 0 Å². The highest BCUT2D eigenvalue weighted by Crippen LogP contribution is 2.26. The number of hydrogen-bond acceptors (Lipinski definition) is 3. The number of carboxylic acids is 1. The van der Waals surface area contributed by atoms with E-state index >= 15 is 0 Å². The first-order valence-corrected chi connectivity index (χ1v) is 7.83. The Bertz CT molecular complexity index is 288. The third-order valence-corrected chi connectivity index (χ3v) is 4.65. The van der Waals surface area contributed by atoms with Crippen LogP contribution >= 0.6 is 0 Å². The zero-order chi connectivity index (χ0) is 13.7. The second-order valence-electron chi connectivity index (χ2n) is 6.25. The average molecular weight is 268 g/mol. The van der Waals surface area contributed by atoms with Crippen molar-refractivity contribution in [1.82, 2.24) is 9.80 Å². The molecule has 1 saturated carbocycles. The quantitative estimate of drug-likeness (QED) is 0.797. The van der Waals surface area contributed by atoms with Crippen LogP contribution in [0.4, 0.5) is 0 Å². The Morgan fingerprint density at radius 1 is 1.11 bits per heavy atom. The molecular formula is C15H28N2O2. The van der Waals surface area contributed by atoms with Crippen LogP contribution in [0, 0.1) is 0 Å². The summed E-state index contributed by atoms with van der Waals surface area (Å²) in [5, 5.41) is 9.17. The highest BCUT2D eigenvalue weighted by atomic mass is 16.4. The zero-order valence-corrected chi connectivity index (χ0v) is 12.2. The molecular weight excluding hydrogens is 240 g/mol. The molecule has 0 aromatic rings. The third kappa shape index (κ3) is 4.46. The molecule has 0 amide bonds. The summed E-state index contributed by atoms with van der Waals surface area (Å²) in [7, 11) is 2.12. The molecule has 1 aliphatic carbocycles. The van der Waals surface area contributed by atoms with Gasteiger partial charge in [-0.1, -0.05) is 25.7 Å². The Morgan fingerprint density at radius 3 is 2.42 bits per heavy atom. The van der Waals surface area contributed by atoms with Crippen molar-refractivity contribution in [3.05, 3.63) is 0 Å². The summed E-state index contributed by atoms with van der Waals surface area (Å²) in [6, 6.07) is 0.825. The lowest BCUT2D eigenvalue weighted by atomic mass is 10.0. The van der Waals surface area contributed by atoms with E-state index in [2.05, 4.69) is 16.8 Å². The van der Waals surface area contributed by atoms with Gasteiger partial charge < -0.3 is 10.0 Å². The second kappa shape index (κ2) is 7.25. The summed E-state index contributed by atoms with van der Waals surface area (Å²) in [4.78, 5) is 16.0. The second-order valence-corrected chi connectivity index (χ2v) is 6.25. The summed E-state index contributed by atoms with van der Waals surface area (Å²) in [5.41, 5.74) is 0. The van der Waals surface area contributed by atoms with Crippen molar-refractivity contribution in [2.75, 3.05) is 26.7 Å². The first kappa shape index (κ1) is 14.8. The number of aliphatic carboxylic acids is 1. The Labute approximate surface area is 116 Å². The summed E-state index contributed by atoms with van der Waals surface area (Å²) >= 11 is 0. The molecule has 0 aromatic carbocycles. The number of carboxylic acid groups (broad SMARTS) is 1. The fraction of sp³-hybridized carbons (Fsp3) is 0.933. The molecule has 1 atom stereocenters. The largest absolute Gasteiger partial charge is 0.481 e. The van der Waals surface area contributed by atoms with Gasteiger partial charge in [-0.25, -0.2) is 0 Å².